The molecule has 0 atom stereocenters. The molecule has 1 spiro atoms. The van der Waals surface area contributed by atoms with E-state index in [0.29, 0.717) is 19.4 Å². The average Bonchev–Trinajstić information content (AvgIpc) is 3.11. The van der Waals surface area contributed by atoms with Gasteiger partial charge >= 0.3 is 0 Å². The van der Waals surface area contributed by atoms with Crippen LogP contribution in [0.4, 0.5) is 5.82 Å². The number of amides is 1. The number of aliphatic hydroxyl groups excluding tert-OH is 1. The lowest BCUT2D eigenvalue weighted by Gasteiger charge is -2.47. The highest BCUT2D eigenvalue weighted by Gasteiger charge is 2.41. The molecule has 0 unspecified atom stereocenters. The van der Waals surface area contributed by atoms with Gasteiger partial charge in [-0.2, -0.15) is 0 Å². The first-order valence-electron chi connectivity index (χ1n) is 9.46. The monoisotopic (exact) mass is 374 g/mol. The largest absolute Gasteiger partial charge is 0.396 e. The van der Waals surface area contributed by atoms with Gasteiger partial charge in [0, 0.05) is 39.2 Å². The Morgan fingerprint density at radius 2 is 2.08 bits per heavy atom. The van der Waals surface area contributed by atoms with Gasteiger partial charge in [0.2, 0.25) is 5.91 Å². The number of rotatable bonds is 4. The molecule has 1 amide bonds. The number of aryl methyl sites for hydroxylation is 1. The normalized spacial score (nSPS) is 20.3. The SMILES string of the molecule is Cc1nc(N2CCC3(CCC(=O)N(CCCO)C3)CC2)c2sccc2n1. The lowest BCUT2D eigenvalue weighted by molar-refractivity contribution is -0.138. The fourth-order valence-electron chi connectivity index (χ4n) is 4.34. The summed E-state index contributed by atoms with van der Waals surface area (Å²) in [4.78, 5) is 25.8. The van der Waals surface area contributed by atoms with Crippen molar-refractivity contribution in [2.75, 3.05) is 37.7 Å². The number of aliphatic hydroxyl groups is 1. The van der Waals surface area contributed by atoms with Crippen molar-refractivity contribution in [3.05, 3.63) is 17.3 Å². The molecular formula is C19H26N4O2S. The van der Waals surface area contributed by atoms with Crippen molar-refractivity contribution in [2.45, 2.75) is 39.0 Å². The van der Waals surface area contributed by atoms with Crippen molar-refractivity contribution in [3.63, 3.8) is 0 Å². The lowest BCUT2D eigenvalue weighted by atomic mass is 9.72. The molecule has 0 saturated carbocycles. The number of fused-ring (bicyclic) bond motifs is 1. The van der Waals surface area contributed by atoms with Crippen LogP contribution in [-0.4, -0.2) is 58.7 Å². The van der Waals surface area contributed by atoms with Gasteiger partial charge in [0.15, 0.2) is 0 Å². The van der Waals surface area contributed by atoms with Crippen LogP contribution >= 0.6 is 11.3 Å². The highest BCUT2D eigenvalue weighted by Crippen LogP contribution is 2.42. The van der Waals surface area contributed by atoms with E-state index in [1.54, 1.807) is 11.3 Å². The molecular weight excluding hydrogens is 348 g/mol. The van der Waals surface area contributed by atoms with Gasteiger partial charge in [-0.3, -0.25) is 4.79 Å². The average molecular weight is 375 g/mol. The summed E-state index contributed by atoms with van der Waals surface area (Å²) in [5, 5.41) is 11.2. The van der Waals surface area contributed by atoms with Crippen molar-refractivity contribution < 1.29 is 9.90 Å². The standard InChI is InChI=1S/C19H26N4O2S/c1-14-20-15-4-12-26-17(15)18(21-14)22-9-6-19(7-10-22)5-3-16(25)23(13-19)8-2-11-24/h4,12,24H,2-3,5-11,13H2,1H3. The number of nitrogens with zero attached hydrogens (tertiary/aromatic N) is 4. The van der Waals surface area contributed by atoms with Crippen molar-refractivity contribution >= 4 is 33.3 Å². The van der Waals surface area contributed by atoms with Crippen LogP contribution in [0.1, 0.15) is 37.9 Å². The van der Waals surface area contributed by atoms with Crippen molar-refractivity contribution in [3.8, 4) is 0 Å². The molecule has 26 heavy (non-hydrogen) atoms. The van der Waals surface area contributed by atoms with Crippen LogP contribution in [0.5, 0.6) is 0 Å². The molecule has 0 aromatic carbocycles. The van der Waals surface area contributed by atoms with Gasteiger partial charge < -0.3 is 14.9 Å². The summed E-state index contributed by atoms with van der Waals surface area (Å²) in [6, 6.07) is 2.06. The van der Waals surface area contributed by atoms with Gasteiger partial charge in [-0.25, -0.2) is 9.97 Å². The molecule has 4 rings (SSSR count). The molecule has 2 saturated heterocycles. The molecule has 0 radical (unpaired) electrons. The molecule has 6 nitrogen and oxygen atoms in total. The Kier molecular flexibility index (Phi) is 4.84. The summed E-state index contributed by atoms with van der Waals surface area (Å²) >= 11 is 1.71. The number of anilines is 1. The Hall–Kier alpha value is -1.73. The molecule has 2 aromatic heterocycles. The minimum atomic E-state index is 0.147. The first kappa shape index (κ1) is 17.7. The highest BCUT2D eigenvalue weighted by molar-refractivity contribution is 7.17. The summed E-state index contributed by atoms with van der Waals surface area (Å²) in [7, 11) is 0. The number of hydrogen-bond acceptors (Lipinski definition) is 6. The van der Waals surface area contributed by atoms with Crippen LogP contribution in [-0.2, 0) is 4.79 Å². The molecule has 2 fully saturated rings. The highest BCUT2D eigenvalue weighted by atomic mass is 32.1. The summed E-state index contributed by atoms with van der Waals surface area (Å²) in [5.74, 6) is 2.14. The van der Waals surface area contributed by atoms with Gasteiger partial charge in [-0.1, -0.05) is 0 Å². The van der Waals surface area contributed by atoms with E-state index in [1.165, 1.54) is 4.70 Å². The molecule has 2 aliphatic rings. The first-order valence-corrected chi connectivity index (χ1v) is 10.3. The van der Waals surface area contributed by atoms with Crippen molar-refractivity contribution in [1.82, 2.24) is 14.9 Å². The van der Waals surface area contributed by atoms with Crippen LogP contribution in [0.3, 0.4) is 0 Å². The Labute approximate surface area is 157 Å². The third-order valence-corrected chi connectivity index (χ3v) is 6.76. The quantitative estimate of drug-likeness (QED) is 0.891. The number of carbonyl (C=O) groups is 1. The molecule has 140 valence electrons. The van der Waals surface area contributed by atoms with Crippen molar-refractivity contribution in [2.24, 2.45) is 5.41 Å². The number of piperidine rings is 2. The molecule has 0 aliphatic carbocycles. The van der Waals surface area contributed by atoms with Gasteiger partial charge in [-0.05, 0) is 49.5 Å². The number of carbonyl (C=O) groups excluding carboxylic acids is 1. The van der Waals surface area contributed by atoms with E-state index in [1.807, 2.05) is 11.8 Å². The van der Waals surface area contributed by atoms with E-state index in [-0.39, 0.29) is 17.9 Å². The second kappa shape index (κ2) is 7.12. The minimum absolute atomic E-state index is 0.147. The number of thiophene rings is 1. The predicted molar refractivity (Wildman–Crippen MR) is 104 cm³/mol. The maximum Gasteiger partial charge on any atom is 0.222 e. The molecule has 7 heteroatoms. The second-order valence-electron chi connectivity index (χ2n) is 7.61. The third-order valence-electron chi connectivity index (χ3n) is 5.86. The third kappa shape index (κ3) is 3.30. The molecule has 0 bridgehead atoms. The fraction of sp³-hybridized carbons (Fsp3) is 0.632. The molecule has 4 heterocycles. The topological polar surface area (TPSA) is 69.6 Å². The van der Waals surface area contributed by atoms with Crippen LogP contribution in [0, 0.1) is 12.3 Å². The number of likely N-dealkylation sites (tertiary alicyclic amines) is 1. The van der Waals surface area contributed by atoms with E-state index in [4.69, 9.17) is 10.1 Å². The Morgan fingerprint density at radius 3 is 2.85 bits per heavy atom. The fourth-order valence-corrected chi connectivity index (χ4v) is 5.19. The summed E-state index contributed by atoms with van der Waals surface area (Å²) in [5.41, 5.74) is 1.27. The van der Waals surface area contributed by atoms with Crippen LogP contribution in [0.2, 0.25) is 0 Å². The maximum absolute atomic E-state index is 12.2. The van der Waals surface area contributed by atoms with E-state index in [0.717, 1.165) is 56.1 Å². The second-order valence-corrected chi connectivity index (χ2v) is 8.53. The zero-order chi connectivity index (χ0) is 18.1. The van der Waals surface area contributed by atoms with Gasteiger partial charge in [-0.15, -0.1) is 11.3 Å². The van der Waals surface area contributed by atoms with Gasteiger partial charge in [0.05, 0.1) is 10.2 Å². The van der Waals surface area contributed by atoms with Gasteiger partial charge in [0.25, 0.3) is 0 Å². The smallest absolute Gasteiger partial charge is 0.222 e. The lowest BCUT2D eigenvalue weighted by Crippen LogP contribution is -2.52. The zero-order valence-electron chi connectivity index (χ0n) is 15.3. The van der Waals surface area contributed by atoms with E-state index in [2.05, 4.69) is 21.3 Å². The van der Waals surface area contributed by atoms with Crippen LogP contribution < -0.4 is 4.90 Å². The Morgan fingerprint density at radius 1 is 1.27 bits per heavy atom. The van der Waals surface area contributed by atoms with E-state index in [9.17, 15) is 4.79 Å². The molecule has 2 aromatic rings. The Bertz CT molecular complexity index is 798. The van der Waals surface area contributed by atoms with Crippen molar-refractivity contribution in [1.29, 1.82) is 0 Å². The number of aromatic nitrogens is 2. The zero-order valence-corrected chi connectivity index (χ0v) is 16.1. The van der Waals surface area contributed by atoms with Gasteiger partial charge in [0.1, 0.15) is 11.6 Å². The minimum Gasteiger partial charge on any atom is -0.396 e. The predicted octanol–water partition coefficient (Wildman–Crippen LogP) is 2.59. The van der Waals surface area contributed by atoms with Crippen LogP contribution in [0.25, 0.3) is 10.2 Å². The maximum atomic E-state index is 12.2. The van der Waals surface area contributed by atoms with Crippen LogP contribution in [0.15, 0.2) is 11.4 Å². The summed E-state index contributed by atoms with van der Waals surface area (Å²) in [6.45, 7) is 5.59. The summed E-state index contributed by atoms with van der Waals surface area (Å²) < 4.78 is 1.18. The molecule has 2 aliphatic heterocycles. The first-order chi connectivity index (χ1) is 12.6. The number of hydrogen-bond donors (Lipinski definition) is 1. The van der Waals surface area contributed by atoms with E-state index < -0.39 is 0 Å². The summed E-state index contributed by atoms with van der Waals surface area (Å²) in [6.07, 6.45) is 4.49. The molecule has 1 N–H and O–H groups in total. The Balaban J connectivity index is 1.48. The van der Waals surface area contributed by atoms with E-state index >= 15 is 0 Å².